The Bertz CT molecular complexity index is 2320. The van der Waals surface area contributed by atoms with E-state index in [9.17, 15) is 31.2 Å². The Hall–Kier alpha value is -4.67. The van der Waals surface area contributed by atoms with Gasteiger partial charge in [-0.15, -0.1) is 0 Å². The number of hydrogen-bond donors (Lipinski definition) is 0. The van der Waals surface area contributed by atoms with Gasteiger partial charge in [-0.3, -0.25) is 18.7 Å². The van der Waals surface area contributed by atoms with Gasteiger partial charge in [-0.05, 0) is 115 Å². The second-order valence-corrected chi connectivity index (χ2v) is 21.5. The van der Waals surface area contributed by atoms with Crippen molar-refractivity contribution in [3.8, 4) is 5.75 Å². The number of fused-ring (bicyclic) bond motifs is 1. The molecular formula is C47H65N3O15S2. The van der Waals surface area contributed by atoms with E-state index >= 15 is 0 Å². The zero-order valence-corrected chi connectivity index (χ0v) is 41.2. The molecule has 2 heterocycles. The number of sulfonamides is 1. The summed E-state index contributed by atoms with van der Waals surface area (Å²) in [5.74, 6) is -0.385. The minimum Gasteiger partial charge on any atom is -0.491 e. The summed E-state index contributed by atoms with van der Waals surface area (Å²) in [5, 5.41) is 0. The van der Waals surface area contributed by atoms with E-state index < -0.39 is 55.9 Å². The Morgan fingerprint density at radius 3 is 1.73 bits per heavy atom. The summed E-state index contributed by atoms with van der Waals surface area (Å²) < 4.78 is 97.6. The lowest BCUT2D eigenvalue weighted by Crippen LogP contribution is -2.52. The van der Waals surface area contributed by atoms with E-state index in [1.165, 1.54) is 44.4 Å². The molecule has 2 aliphatic rings. The first-order chi connectivity index (χ1) is 31.6. The van der Waals surface area contributed by atoms with Gasteiger partial charge in [0.25, 0.3) is 16.0 Å². The molecule has 0 unspecified atom stereocenters. The third-order valence-corrected chi connectivity index (χ3v) is 13.5. The number of nitrogens with zero attached hydrogens (tertiary/aromatic N) is 3. The molecule has 1 fully saturated rings. The molecule has 0 saturated carbocycles. The summed E-state index contributed by atoms with van der Waals surface area (Å²) in [6.07, 6.45) is 0.379. The number of hydrogen-bond acceptors (Lipinski definition) is 15. The van der Waals surface area contributed by atoms with Crippen molar-refractivity contribution in [1.82, 2.24) is 9.21 Å². The van der Waals surface area contributed by atoms with Crippen LogP contribution in [-0.2, 0) is 57.5 Å². The van der Waals surface area contributed by atoms with Crippen molar-refractivity contribution >= 4 is 43.8 Å². The van der Waals surface area contributed by atoms with Gasteiger partial charge in [-0.1, -0.05) is 29.8 Å². The van der Waals surface area contributed by atoms with Crippen LogP contribution < -0.4 is 9.64 Å². The van der Waals surface area contributed by atoms with Crippen LogP contribution in [0, 0.1) is 6.92 Å². The first-order valence-corrected chi connectivity index (χ1v) is 25.1. The van der Waals surface area contributed by atoms with Gasteiger partial charge >= 0.3 is 12.1 Å². The zero-order valence-electron chi connectivity index (χ0n) is 39.5. The topological polar surface area (TPSA) is 203 Å². The molecule has 67 heavy (non-hydrogen) atoms. The molecule has 3 aromatic rings. The van der Waals surface area contributed by atoms with E-state index in [4.69, 9.17) is 37.3 Å². The van der Waals surface area contributed by atoms with E-state index in [0.29, 0.717) is 71.4 Å². The molecule has 1 saturated heterocycles. The van der Waals surface area contributed by atoms with Crippen molar-refractivity contribution < 1.29 is 68.6 Å². The van der Waals surface area contributed by atoms with Crippen LogP contribution in [0.3, 0.4) is 0 Å². The van der Waals surface area contributed by atoms with Crippen LogP contribution in [0.15, 0.2) is 76.5 Å². The molecule has 2 aliphatic heterocycles. The maximum absolute atomic E-state index is 14.0. The fourth-order valence-corrected chi connectivity index (χ4v) is 9.44. The van der Waals surface area contributed by atoms with Crippen molar-refractivity contribution in [2.75, 3.05) is 97.3 Å². The van der Waals surface area contributed by atoms with E-state index in [2.05, 4.69) is 0 Å². The number of rotatable bonds is 23. The number of ether oxygens (including phenoxy) is 7. The highest BCUT2D eigenvalue weighted by Crippen LogP contribution is 2.35. The Morgan fingerprint density at radius 1 is 0.657 bits per heavy atom. The molecular weight excluding hydrogens is 911 g/mol. The smallest absolute Gasteiger partial charge is 0.416 e. The number of esters is 1. The zero-order chi connectivity index (χ0) is 48.8. The fraction of sp³-hybridized carbons (Fsp3) is 0.553. The van der Waals surface area contributed by atoms with Gasteiger partial charge in [-0.2, -0.15) is 12.7 Å². The van der Waals surface area contributed by atoms with Crippen molar-refractivity contribution in [1.29, 1.82) is 0 Å². The average Bonchev–Trinajstić information content (AvgIpc) is 3.26. The number of carbonyl (C=O) groups is 3. The minimum atomic E-state index is -4.01. The summed E-state index contributed by atoms with van der Waals surface area (Å²) in [6, 6.07) is 18.2. The molecule has 0 spiro atoms. The third kappa shape index (κ3) is 16.5. The number of benzene rings is 3. The van der Waals surface area contributed by atoms with Crippen LogP contribution in [0.5, 0.6) is 5.75 Å². The molecule has 0 bridgehead atoms. The predicted octanol–water partition coefficient (Wildman–Crippen LogP) is 5.91. The lowest BCUT2D eigenvalue weighted by molar-refractivity contribution is -0.155. The van der Waals surface area contributed by atoms with Crippen LogP contribution in [0.25, 0.3) is 0 Å². The molecule has 0 atom stereocenters. The van der Waals surface area contributed by atoms with Crippen LogP contribution in [0.1, 0.15) is 81.8 Å². The molecule has 0 aliphatic carbocycles. The first-order valence-electron chi connectivity index (χ1n) is 22.3. The second-order valence-electron chi connectivity index (χ2n) is 18.0. The maximum Gasteiger partial charge on any atom is 0.416 e. The number of amides is 2. The van der Waals surface area contributed by atoms with E-state index in [-0.39, 0.29) is 59.9 Å². The van der Waals surface area contributed by atoms with Gasteiger partial charge in [0.15, 0.2) is 0 Å². The monoisotopic (exact) mass is 975 g/mol. The van der Waals surface area contributed by atoms with Gasteiger partial charge in [0.2, 0.25) is 10.0 Å². The van der Waals surface area contributed by atoms with E-state index in [1.807, 2.05) is 31.2 Å². The van der Waals surface area contributed by atoms with Gasteiger partial charge in [-0.25, -0.2) is 13.2 Å². The number of aryl methyl sites for hydroxylation is 1. The summed E-state index contributed by atoms with van der Waals surface area (Å²) in [6.45, 7) is 14.8. The van der Waals surface area contributed by atoms with Crippen LogP contribution in [0.2, 0.25) is 0 Å². The summed E-state index contributed by atoms with van der Waals surface area (Å²) in [5.41, 5.74) is 0.488. The molecule has 370 valence electrons. The van der Waals surface area contributed by atoms with Crippen LogP contribution in [0.4, 0.5) is 10.5 Å². The lowest BCUT2D eigenvalue weighted by atomic mass is 9.90. The van der Waals surface area contributed by atoms with Crippen molar-refractivity contribution in [2.24, 2.45) is 0 Å². The van der Waals surface area contributed by atoms with Gasteiger partial charge in [0.1, 0.15) is 36.8 Å². The van der Waals surface area contributed by atoms with Crippen molar-refractivity contribution in [3.63, 3.8) is 0 Å². The quantitative estimate of drug-likeness (QED) is 0.0616. The Balaban J connectivity index is 0.974. The van der Waals surface area contributed by atoms with Crippen LogP contribution in [-0.4, -0.2) is 148 Å². The molecule has 5 rings (SSSR count). The standard InChI is InChI=1S/C47H65N3O15S2/c1-35-8-14-39(15-9-35)67(56,57)63-31-29-61-27-25-59-23-22-58-24-26-60-28-30-62-38-12-10-36(11-13-38)37-18-20-49(21-19-37)66(54,55)40-16-17-41-42(32-40)50(45(53)65-47(5,6)7)34-48(44(41)52)33-43(51)64-46(2,3)4/h8-17,32,37H,18-31,33-34H2,1-7H3. The number of anilines is 1. The molecule has 0 radical (unpaired) electrons. The Labute approximate surface area is 394 Å². The highest BCUT2D eigenvalue weighted by Gasteiger charge is 2.38. The third-order valence-electron chi connectivity index (χ3n) is 10.3. The molecule has 3 aromatic carbocycles. The molecule has 20 heteroatoms. The van der Waals surface area contributed by atoms with Gasteiger partial charge in [0.05, 0.1) is 80.5 Å². The maximum atomic E-state index is 14.0. The number of carbonyl (C=O) groups excluding carboxylic acids is 3. The largest absolute Gasteiger partial charge is 0.491 e. The highest BCUT2D eigenvalue weighted by molar-refractivity contribution is 7.89. The minimum absolute atomic E-state index is 0.0558. The SMILES string of the molecule is Cc1ccc(S(=O)(=O)OCCOCCOCCOCCOCCOc2ccc(C3CCN(S(=O)(=O)c4ccc5c(c4)N(C(=O)OC(C)(C)C)CN(CC(=O)OC(C)(C)C)C5=O)CC3)cc2)cc1. The fourth-order valence-electron chi connectivity index (χ4n) is 7.05. The molecule has 2 amide bonds. The molecule has 18 nitrogen and oxygen atoms in total. The average molecular weight is 976 g/mol. The van der Waals surface area contributed by atoms with Crippen molar-refractivity contribution in [3.05, 3.63) is 83.4 Å². The second kappa shape index (κ2) is 24.1. The van der Waals surface area contributed by atoms with Gasteiger partial charge in [0, 0.05) is 13.1 Å². The summed E-state index contributed by atoms with van der Waals surface area (Å²) in [4.78, 5) is 42.1. The van der Waals surface area contributed by atoms with E-state index in [1.54, 1.807) is 53.7 Å². The normalized spacial score (nSPS) is 15.4. The number of piperidine rings is 1. The van der Waals surface area contributed by atoms with Gasteiger partial charge < -0.3 is 38.1 Å². The van der Waals surface area contributed by atoms with Crippen molar-refractivity contribution in [2.45, 2.75) is 88.2 Å². The summed E-state index contributed by atoms with van der Waals surface area (Å²) in [7, 11) is -7.83. The predicted molar refractivity (Wildman–Crippen MR) is 247 cm³/mol. The van der Waals surface area contributed by atoms with Crippen LogP contribution >= 0.6 is 0 Å². The highest BCUT2D eigenvalue weighted by atomic mass is 32.2. The Morgan fingerprint density at radius 2 is 1.18 bits per heavy atom. The summed E-state index contributed by atoms with van der Waals surface area (Å²) >= 11 is 0. The first kappa shape index (κ1) is 53.3. The Kier molecular flexibility index (Phi) is 19.1. The lowest BCUT2D eigenvalue weighted by Gasteiger charge is -2.37. The molecule has 0 N–H and O–H groups in total. The molecule has 0 aromatic heterocycles. The van der Waals surface area contributed by atoms with E-state index in [0.717, 1.165) is 11.1 Å².